The van der Waals surface area contributed by atoms with Crippen molar-refractivity contribution in [2.75, 3.05) is 33.2 Å². The van der Waals surface area contributed by atoms with Crippen molar-refractivity contribution in [3.8, 4) is 0 Å². The lowest BCUT2D eigenvalue weighted by molar-refractivity contribution is 0.0703. The van der Waals surface area contributed by atoms with Crippen molar-refractivity contribution in [1.29, 1.82) is 0 Å². The Bertz CT molecular complexity index is 648. The number of nitrogens with one attached hydrogen (secondary N) is 1. The molecule has 134 valence electrons. The average Bonchev–Trinajstić information content (AvgIpc) is 2.62. The smallest absolute Gasteiger partial charge is 0.253 e. The van der Waals surface area contributed by atoms with E-state index in [-0.39, 0.29) is 16.8 Å². The fraction of sp³-hybridized carbons (Fsp3) is 0.588. The first-order chi connectivity index (χ1) is 11.4. The predicted octanol–water partition coefficient (Wildman–Crippen LogP) is 1.54. The summed E-state index contributed by atoms with van der Waals surface area (Å²) in [5.74, 6) is -0.0614. The molecule has 1 aromatic rings. The van der Waals surface area contributed by atoms with Crippen LogP contribution >= 0.6 is 0 Å². The minimum atomic E-state index is -3.48. The summed E-state index contributed by atoms with van der Waals surface area (Å²) >= 11 is 0. The molecule has 0 radical (unpaired) electrons. The molecule has 1 heterocycles. The van der Waals surface area contributed by atoms with E-state index in [4.69, 9.17) is 0 Å². The Hall–Kier alpha value is -1.44. The molecule has 0 saturated carbocycles. The van der Waals surface area contributed by atoms with Gasteiger partial charge in [0.1, 0.15) is 0 Å². The van der Waals surface area contributed by atoms with E-state index < -0.39 is 10.0 Å². The minimum Gasteiger partial charge on any atom is -0.339 e. The van der Waals surface area contributed by atoms with E-state index in [0.717, 1.165) is 25.9 Å². The van der Waals surface area contributed by atoms with Crippen LogP contribution in [0.3, 0.4) is 0 Å². The van der Waals surface area contributed by atoms with Gasteiger partial charge in [-0.1, -0.05) is 13.8 Å². The van der Waals surface area contributed by atoms with Gasteiger partial charge in [0, 0.05) is 31.7 Å². The van der Waals surface area contributed by atoms with Crippen molar-refractivity contribution < 1.29 is 13.2 Å². The second-order valence-corrected chi connectivity index (χ2v) is 7.95. The largest absolute Gasteiger partial charge is 0.339 e. The molecule has 7 heteroatoms. The third-order valence-corrected chi connectivity index (χ3v) is 6.69. The lowest BCUT2D eigenvalue weighted by atomic mass is 10.0. The topological polar surface area (TPSA) is 69.7 Å². The number of amides is 1. The summed E-state index contributed by atoms with van der Waals surface area (Å²) in [7, 11) is -1.67. The normalized spacial score (nSPS) is 16.3. The number of nitrogens with zero attached hydrogens (tertiary/aromatic N) is 2. The molecule has 0 spiro atoms. The van der Waals surface area contributed by atoms with Crippen molar-refractivity contribution in [2.45, 2.75) is 37.6 Å². The summed E-state index contributed by atoms with van der Waals surface area (Å²) in [6.45, 7) is 6.32. The molecule has 1 aliphatic rings. The maximum Gasteiger partial charge on any atom is 0.253 e. The molecule has 6 nitrogen and oxygen atoms in total. The second-order valence-electron chi connectivity index (χ2n) is 6.01. The van der Waals surface area contributed by atoms with E-state index in [1.54, 1.807) is 17.0 Å². The van der Waals surface area contributed by atoms with Gasteiger partial charge in [-0.05, 0) is 50.2 Å². The molecule has 1 fully saturated rings. The molecular weight excluding hydrogens is 326 g/mol. The fourth-order valence-electron chi connectivity index (χ4n) is 3.05. The summed E-state index contributed by atoms with van der Waals surface area (Å²) in [6.07, 6.45) is 1.88. The third-order valence-electron chi connectivity index (χ3n) is 4.62. The van der Waals surface area contributed by atoms with Gasteiger partial charge in [0.05, 0.1) is 4.90 Å². The number of benzene rings is 1. The minimum absolute atomic E-state index is 0.0614. The van der Waals surface area contributed by atoms with Crippen molar-refractivity contribution in [3.05, 3.63) is 29.8 Å². The zero-order valence-electron chi connectivity index (χ0n) is 14.7. The average molecular weight is 353 g/mol. The number of sulfonamides is 1. The Balaban J connectivity index is 2.15. The summed E-state index contributed by atoms with van der Waals surface area (Å²) in [5, 5.41) is 3.28. The molecule has 1 amide bonds. The zero-order chi connectivity index (χ0) is 17.7. The van der Waals surface area contributed by atoms with Gasteiger partial charge in [0.25, 0.3) is 5.91 Å². The third kappa shape index (κ3) is 3.96. The van der Waals surface area contributed by atoms with Crippen LogP contribution in [0.25, 0.3) is 0 Å². The Morgan fingerprint density at radius 3 is 2.17 bits per heavy atom. The molecule has 0 aromatic heterocycles. The molecular formula is C17H27N3O3S. The van der Waals surface area contributed by atoms with Gasteiger partial charge in [0.2, 0.25) is 10.0 Å². The molecule has 0 aliphatic carbocycles. The molecule has 1 aliphatic heterocycles. The molecule has 2 rings (SSSR count). The highest BCUT2D eigenvalue weighted by Crippen LogP contribution is 2.18. The van der Waals surface area contributed by atoms with Crippen molar-refractivity contribution in [1.82, 2.24) is 14.5 Å². The van der Waals surface area contributed by atoms with E-state index in [1.165, 1.54) is 16.4 Å². The molecule has 0 atom stereocenters. The summed E-state index contributed by atoms with van der Waals surface area (Å²) < 4.78 is 26.4. The highest BCUT2D eigenvalue weighted by Gasteiger charge is 2.24. The molecule has 1 aromatic carbocycles. The van der Waals surface area contributed by atoms with Gasteiger partial charge < -0.3 is 10.2 Å². The van der Waals surface area contributed by atoms with Gasteiger partial charge >= 0.3 is 0 Å². The molecule has 24 heavy (non-hydrogen) atoms. The SMILES string of the molecule is CCN(CC)S(=O)(=O)c1ccc(C(=O)N(C)C2CCNCC2)cc1. The predicted molar refractivity (Wildman–Crippen MR) is 94.5 cm³/mol. The van der Waals surface area contributed by atoms with Crippen LogP contribution in [0, 0.1) is 0 Å². The summed E-state index contributed by atoms with van der Waals surface area (Å²) in [6, 6.07) is 6.50. The van der Waals surface area contributed by atoms with E-state index in [9.17, 15) is 13.2 Å². The Labute approximate surface area is 144 Å². The van der Waals surface area contributed by atoms with Gasteiger partial charge in [-0.2, -0.15) is 4.31 Å². The van der Waals surface area contributed by atoms with Crippen molar-refractivity contribution in [3.63, 3.8) is 0 Å². The molecule has 1 saturated heterocycles. The van der Waals surface area contributed by atoms with Gasteiger partial charge in [-0.3, -0.25) is 4.79 Å². The first kappa shape index (κ1) is 18.9. The monoisotopic (exact) mass is 353 g/mol. The molecule has 0 bridgehead atoms. The summed E-state index contributed by atoms with van der Waals surface area (Å²) in [5.41, 5.74) is 0.523. The van der Waals surface area contributed by atoms with Crippen LogP contribution < -0.4 is 5.32 Å². The van der Waals surface area contributed by atoms with Crippen LogP contribution in [-0.4, -0.2) is 62.8 Å². The van der Waals surface area contributed by atoms with Gasteiger partial charge in [0.15, 0.2) is 0 Å². The van der Waals surface area contributed by atoms with E-state index >= 15 is 0 Å². The lowest BCUT2D eigenvalue weighted by Gasteiger charge is -2.31. The first-order valence-electron chi connectivity index (χ1n) is 8.49. The number of carbonyl (C=O) groups is 1. The van der Waals surface area contributed by atoms with E-state index in [2.05, 4.69) is 5.32 Å². The Kier molecular flexibility index (Phi) is 6.37. The lowest BCUT2D eigenvalue weighted by Crippen LogP contribution is -2.43. The first-order valence-corrected chi connectivity index (χ1v) is 9.93. The second kappa shape index (κ2) is 8.09. The highest BCUT2D eigenvalue weighted by molar-refractivity contribution is 7.89. The van der Waals surface area contributed by atoms with Crippen molar-refractivity contribution >= 4 is 15.9 Å². The van der Waals surface area contributed by atoms with Gasteiger partial charge in [-0.25, -0.2) is 8.42 Å². The number of carbonyl (C=O) groups excluding carboxylic acids is 1. The Morgan fingerprint density at radius 1 is 1.12 bits per heavy atom. The van der Waals surface area contributed by atoms with Crippen LogP contribution in [-0.2, 0) is 10.0 Å². The zero-order valence-corrected chi connectivity index (χ0v) is 15.5. The quantitative estimate of drug-likeness (QED) is 0.842. The van der Waals surface area contributed by atoms with E-state index in [1.807, 2.05) is 20.9 Å². The van der Waals surface area contributed by atoms with E-state index in [0.29, 0.717) is 18.7 Å². The fourth-order valence-corrected chi connectivity index (χ4v) is 4.50. The summed E-state index contributed by atoms with van der Waals surface area (Å²) in [4.78, 5) is 14.6. The van der Waals surface area contributed by atoms with Crippen LogP contribution in [0.1, 0.15) is 37.0 Å². The number of rotatable bonds is 6. The number of piperidine rings is 1. The van der Waals surface area contributed by atoms with Crippen LogP contribution in [0.15, 0.2) is 29.2 Å². The van der Waals surface area contributed by atoms with Crippen LogP contribution in [0.2, 0.25) is 0 Å². The highest BCUT2D eigenvalue weighted by atomic mass is 32.2. The Morgan fingerprint density at radius 2 is 1.67 bits per heavy atom. The van der Waals surface area contributed by atoms with Crippen LogP contribution in [0.5, 0.6) is 0 Å². The van der Waals surface area contributed by atoms with Gasteiger partial charge in [-0.15, -0.1) is 0 Å². The molecule has 0 unspecified atom stereocenters. The molecule has 1 N–H and O–H groups in total. The van der Waals surface area contributed by atoms with Crippen LogP contribution in [0.4, 0.5) is 0 Å². The van der Waals surface area contributed by atoms with Crippen molar-refractivity contribution in [2.24, 2.45) is 0 Å². The number of hydrogen-bond acceptors (Lipinski definition) is 4. The maximum atomic E-state index is 12.6. The maximum absolute atomic E-state index is 12.6. The standard InChI is InChI=1S/C17H27N3O3S/c1-4-20(5-2)24(22,23)16-8-6-14(7-9-16)17(21)19(3)15-10-12-18-13-11-15/h6-9,15,18H,4-5,10-13H2,1-3H3. The number of hydrogen-bond donors (Lipinski definition) is 1.